The summed E-state index contributed by atoms with van der Waals surface area (Å²) in [4.78, 5) is 36.2. The van der Waals surface area contributed by atoms with Crippen LogP contribution >= 0.6 is 11.3 Å². The minimum absolute atomic E-state index is 0.144. The van der Waals surface area contributed by atoms with Gasteiger partial charge in [0, 0.05) is 31.0 Å². The van der Waals surface area contributed by atoms with Gasteiger partial charge in [-0.2, -0.15) is 0 Å². The monoisotopic (exact) mass is 548 g/mol. The van der Waals surface area contributed by atoms with Gasteiger partial charge in [-0.25, -0.2) is 9.97 Å². The number of methoxy groups -OCH3 is 1. The third-order valence-corrected chi connectivity index (χ3v) is 7.51. The van der Waals surface area contributed by atoms with Crippen LogP contribution in [0, 0.1) is 5.41 Å². The van der Waals surface area contributed by atoms with E-state index in [4.69, 9.17) is 20.1 Å². The predicted octanol–water partition coefficient (Wildman–Crippen LogP) is 4.82. The van der Waals surface area contributed by atoms with Crippen LogP contribution in [0.4, 0.5) is 5.00 Å². The van der Waals surface area contributed by atoms with E-state index in [1.54, 1.807) is 48.2 Å². The van der Waals surface area contributed by atoms with E-state index in [2.05, 4.69) is 5.32 Å². The van der Waals surface area contributed by atoms with E-state index >= 15 is 0 Å². The van der Waals surface area contributed by atoms with Crippen molar-refractivity contribution >= 4 is 38.9 Å². The van der Waals surface area contributed by atoms with Crippen LogP contribution in [0.25, 0.3) is 38.5 Å². The van der Waals surface area contributed by atoms with E-state index in [0.717, 1.165) is 5.56 Å². The zero-order chi connectivity index (χ0) is 27.6. The zero-order valence-corrected chi connectivity index (χ0v) is 22.3. The number of rotatable bonds is 7. The Morgan fingerprint density at radius 2 is 1.73 bits per heavy atom. The molecule has 4 heterocycles. The van der Waals surface area contributed by atoms with Gasteiger partial charge in [-0.15, -0.1) is 0 Å². The van der Waals surface area contributed by atoms with E-state index in [1.807, 2.05) is 54.6 Å². The first-order valence-electron chi connectivity index (χ1n) is 12.6. The first-order chi connectivity index (χ1) is 19.5. The third kappa shape index (κ3) is 4.59. The van der Waals surface area contributed by atoms with Gasteiger partial charge in [0.05, 0.1) is 17.6 Å². The van der Waals surface area contributed by atoms with E-state index in [-0.39, 0.29) is 17.0 Å². The standard InChI is InChI=1S/C30H24N6O3S/c1-39-17-16-36-25(31)21(18-22-26(36)32-23-14-8-9-15-35(23)30(22)38)28-33-24(19-10-4-2-5-11-19)29(40-28)34-27(37)20-12-6-3-7-13-20/h2-15,18,31H,16-17H2,1H3,(H,34,37). The molecule has 0 saturated heterocycles. The number of thiazole rings is 1. The molecule has 0 spiro atoms. The second-order valence-electron chi connectivity index (χ2n) is 9.02. The summed E-state index contributed by atoms with van der Waals surface area (Å²) in [6, 6.07) is 25.5. The molecular weight excluding hydrogens is 524 g/mol. The summed E-state index contributed by atoms with van der Waals surface area (Å²) in [7, 11) is 1.59. The number of benzene rings is 2. The largest absolute Gasteiger partial charge is 0.383 e. The van der Waals surface area contributed by atoms with Gasteiger partial charge in [-0.05, 0) is 30.3 Å². The molecule has 6 aromatic rings. The van der Waals surface area contributed by atoms with E-state index in [1.165, 1.54) is 15.7 Å². The molecule has 2 N–H and O–H groups in total. The Morgan fingerprint density at radius 3 is 2.48 bits per heavy atom. The number of aromatic nitrogens is 4. The first-order valence-corrected chi connectivity index (χ1v) is 13.4. The highest BCUT2D eigenvalue weighted by Gasteiger charge is 2.21. The topological polar surface area (TPSA) is 114 Å². The molecule has 0 fully saturated rings. The fourth-order valence-electron chi connectivity index (χ4n) is 4.53. The molecule has 0 bridgehead atoms. The van der Waals surface area contributed by atoms with Crippen LogP contribution in [0.3, 0.4) is 0 Å². The lowest BCUT2D eigenvalue weighted by molar-refractivity contribution is 0.102. The van der Waals surface area contributed by atoms with Crippen molar-refractivity contribution in [3.05, 3.63) is 113 Å². The highest BCUT2D eigenvalue weighted by atomic mass is 32.1. The van der Waals surface area contributed by atoms with Crippen molar-refractivity contribution in [1.29, 1.82) is 5.41 Å². The van der Waals surface area contributed by atoms with Crippen LogP contribution in [-0.4, -0.2) is 38.6 Å². The van der Waals surface area contributed by atoms with Gasteiger partial charge in [-0.1, -0.05) is 65.9 Å². The number of hydrogen-bond acceptors (Lipinski definition) is 7. The number of anilines is 1. The Labute approximate surface area is 232 Å². The van der Waals surface area contributed by atoms with Gasteiger partial charge >= 0.3 is 0 Å². The van der Waals surface area contributed by atoms with E-state index in [0.29, 0.717) is 56.7 Å². The van der Waals surface area contributed by atoms with Crippen LogP contribution in [0.1, 0.15) is 10.4 Å². The molecule has 10 heteroatoms. The molecule has 40 heavy (non-hydrogen) atoms. The Hall–Kier alpha value is -4.93. The van der Waals surface area contributed by atoms with Crippen LogP contribution in [0.2, 0.25) is 0 Å². The van der Waals surface area contributed by atoms with Crippen LogP contribution in [0.15, 0.2) is 95.9 Å². The van der Waals surface area contributed by atoms with Gasteiger partial charge in [0.15, 0.2) is 0 Å². The number of pyridine rings is 2. The van der Waals surface area contributed by atoms with Gasteiger partial charge in [0.1, 0.15) is 32.5 Å². The first kappa shape index (κ1) is 25.4. The number of carbonyl (C=O) groups is 1. The fraction of sp³-hybridized carbons (Fsp3) is 0.100. The molecule has 9 nitrogen and oxygen atoms in total. The molecule has 0 aliphatic rings. The van der Waals surface area contributed by atoms with Gasteiger partial charge in [0.2, 0.25) is 0 Å². The molecule has 0 radical (unpaired) electrons. The molecule has 198 valence electrons. The number of carbonyl (C=O) groups excluding carboxylic acids is 1. The lowest BCUT2D eigenvalue weighted by Gasteiger charge is -2.13. The number of amides is 1. The maximum Gasteiger partial charge on any atom is 0.267 e. The zero-order valence-electron chi connectivity index (χ0n) is 21.5. The number of ether oxygens (including phenoxy) is 1. The molecule has 0 aliphatic carbocycles. The second-order valence-corrected chi connectivity index (χ2v) is 10.0. The second kappa shape index (κ2) is 10.7. The Bertz CT molecular complexity index is 1980. The fourth-order valence-corrected chi connectivity index (χ4v) is 5.53. The minimum atomic E-state index is -0.262. The summed E-state index contributed by atoms with van der Waals surface area (Å²) in [6.45, 7) is 0.653. The number of hydrogen-bond donors (Lipinski definition) is 2. The van der Waals surface area contributed by atoms with Crippen molar-refractivity contribution in [2.75, 3.05) is 19.0 Å². The van der Waals surface area contributed by atoms with Crippen molar-refractivity contribution in [2.45, 2.75) is 6.54 Å². The summed E-state index contributed by atoms with van der Waals surface area (Å²) in [5.74, 6) is -0.262. The Morgan fingerprint density at radius 1 is 1.00 bits per heavy atom. The SMILES string of the molecule is COCCn1c(=N)c(-c2nc(-c3ccccc3)c(NC(=O)c3ccccc3)s2)cc2c(=O)n3ccccc3nc21. The average molecular weight is 549 g/mol. The highest BCUT2D eigenvalue weighted by Crippen LogP contribution is 2.37. The highest BCUT2D eigenvalue weighted by molar-refractivity contribution is 7.19. The summed E-state index contributed by atoms with van der Waals surface area (Å²) < 4.78 is 8.46. The molecular formula is C30H24N6O3S. The molecule has 2 aromatic carbocycles. The molecule has 0 aliphatic heterocycles. The maximum absolute atomic E-state index is 13.5. The van der Waals surface area contributed by atoms with Crippen molar-refractivity contribution < 1.29 is 9.53 Å². The minimum Gasteiger partial charge on any atom is -0.383 e. The molecule has 0 saturated carbocycles. The summed E-state index contributed by atoms with van der Waals surface area (Å²) in [6.07, 6.45) is 1.67. The van der Waals surface area contributed by atoms with Gasteiger partial charge in [-0.3, -0.25) is 19.4 Å². The molecule has 0 atom stereocenters. The quantitative estimate of drug-likeness (QED) is 0.278. The van der Waals surface area contributed by atoms with Gasteiger partial charge < -0.3 is 14.6 Å². The van der Waals surface area contributed by atoms with Crippen molar-refractivity contribution in [1.82, 2.24) is 18.9 Å². The molecule has 6 rings (SSSR count). The van der Waals surface area contributed by atoms with Crippen molar-refractivity contribution in [3.63, 3.8) is 0 Å². The van der Waals surface area contributed by atoms with Crippen LogP contribution in [0.5, 0.6) is 0 Å². The number of nitrogens with one attached hydrogen (secondary N) is 2. The number of fused-ring (bicyclic) bond motifs is 2. The Kier molecular flexibility index (Phi) is 6.77. The summed E-state index contributed by atoms with van der Waals surface area (Å²) >= 11 is 1.26. The lowest BCUT2D eigenvalue weighted by Crippen LogP contribution is -2.28. The summed E-state index contributed by atoms with van der Waals surface area (Å²) in [5, 5.41) is 13.5. The smallest absolute Gasteiger partial charge is 0.267 e. The van der Waals surface area contributed by atoms with Crippen molar-refractivity contribution in [2.24, 2.45) is 0 Å². The van der Waals surface area contributed by atoms with Gasteiger partial charge in [0.25, 0.3) is 11.5 Å². The van der Waals surface area contributed by atoms with Crippen LogP contribution in [-0.2, 0) is 11.3 Å². The molecule has 1 amide bonds. The third-order valence-electron chi connectivity index (χ3n) is 6.51. The average Bonchev–Trinajstić information content (AvgIpc) is 3.41. The normalized spacial score (nSPS) is 11.2. The van der Waals surface area contributed by atoms with Crippen molar-refractivity contribution in [3.8, 4) is 21.8 Å². The number of nitrogens with zero attached hydrogens (tertiary/aromatic N) is 4. The van der Waals surface area contributed by atoms with E-state index in [9.17, 15) is 9.59 Å². The molecule has 4 aromatic heterocycles. The Balaban J connectivity index is 1.57. The summed E-state index contributed by atoms with van der Waals surface area (Å²) in [5.41, 5.74) is 3.18. The molecule has 0 unspecified atom stereocenters. The lowest BCUT2D eigenvalue weighted by atomic mass is 10.1. The predicted molar refractivity (Wildman–Crippen MR) is 156 cm³/mol. The van der Waals surface area contributed by atoms with Crippen LogP contribution < -0.4 is 16.4 Å². The van der Waals surface area contributed by atoms with E-state index < -0.39 is 0 Å². The maximum atomic E-state index is 13.5.